The van der Waals surface area contributed by atoms with Gasteiger partial charge in [0, 0.05) is 0 Å². The van der Waals surface area contributed by atoms with E-state index in [9.17, 15) is 4.39 Å². The zero-order valence-corrected chi connectivity index (χ0v) is 13.7. The van der Waals surface area contributed by atoms with Gasteiger partial charge in [-0.15, -0.1) is 0 Å². The van der Waals surface area contributed by atoms with Crippen molar-refractivity contribution in [3.05, 3.63) is 59.4 Å². The number of rotatable bonds is 2. The smallest absolute Gasteiger partial charge is 0.165 e. The van der Waals surface area contributed by atoms with Gasteiger partial charge in [-0.3, -0.25) is 0 Å². The highest BCUT2D eigenvalue weighted by Gasteiger charge is 1.99. The third-order valence-corrected chi connectivity index (χ3v) is 2.56. The van der Waals surface area contributed by atoms with Gasteiger partial charge in [-0.25, -0.2) is 4.39 Å². The lowest BCUT2D eigenvalue weighted by molar-refractivity contribution is 0.386. The van der Waals surface area contributed by atoms with Crippen molar-refractivity contribution in [2.45, 2.75) is 27.7 Å². The first-order valence-corrected chi connectivity index (χ1v) is 6.97. The quantitative estimate of drug-likeness (QED) is 0.760. The van der Waals surface area contributed by atoms with Crippen LogP contribution in [-0.4, -0.2) is 14.2 Å². The molecule has 116 valence electrons. The lowest BCUT2D eigenvalue weighted by atomic mass is 10.2. The molecule has 21 heavy (non-hydrogen) atoms. The van der Waals surface area contributed by atoms with Crippen LogP contribution in [0.1, 0.15) is 25.0 Å². The Labute approximate surface area is 127 Å². The van der Waals surface area contributed by atoms with Crippen molar-refractivity contribution in [2.24, 2.45) is 0 Å². The van der Waals surface area contributed by atoms with Gasteiger partial charge in [0.2, 0.25) is 0 Å². The normalized spacial score (nSPS) is 8.71. The number of aryl methyl sites for hydroxylation is 2. The first-order valence-electron chi connectivity index (χ1n) is 6.97. The molecule has 3 heteroatoms. The predicted molar refractivity (Wildman–Crippen MR) is 86.8 cm³/mol. The fraction of sp³-hybridized carbons (Fsp3) is 0.333. The van der Waals surface area contributed by atoms with E-state index in [0.717, 1.165) is 11.3 Å². The predicted octanol–water partition coefficient (Wildman–Crippen LogP) is 5.17. The molecule has 0 atom stereocenters. The number of hydrogen-bond donors (Lipinski definition) is 0. The van der Waals surface area contributed by atoms with Crippen molar-refractivity contribution in [3.63, 3.8) is 0 Å². The summed E-state index contributed by atoms with van der Waals surface area (Å²) in [4.78, 5) is 0. The fourth-order valence-corrected chi connectivity index (χ4v) is 1.44. The number of ether oxygens (including phenoxy) is 2. The molecule has 0 aliphatic rings. The van der Waals surface area contributed by atoms with Crippen molar-refractivity contribution < 1.29 is 13.9 Å². The van der Waals surface area contributed by atoms with E-state index in [1.165, 1.54) is 18.7 Å². The molecule has 0 saturated heterocycles. The van der Waals surface area contributed by atoms with E-state index in [2.05, 4.69) is 6.92 Å². The molecule has 2 nitrogen and oxygen atoms in total. The Balaban J connectivity index is 0.000000342. The second kappa shape index (κ2) is 10.7. The Morgan fingerprint density at radius 3 is 1.71 bits per heavy atom. The minimum absolute atomic E-state index is 0.306. The summed E-state index contributed by atoms with van der Waals surface area (Å²) in [7, 11) is 3.13. The van der Waals surface area contributed by atoms with E-state index in [4.69, 9.17) is 9.47 Å². The molecule has 2 aromatic carbocycles. The highest BCUT2D eigenvalue weighted by atomic mass is 19.1. The monoisotopic (exact) mass is 292 g/mol. The second-order valence-corrected chi connectivity index (χ2v) is 4.16. The van der Waals surface area contributed by atoms with Gasteiger partial charge >= 0.3 is 0 Å². The summed E-state index contributed by atoms with van der Waals surface area (Å²) in [6.45, 7) is 7.95. The average molecular weight is 292 g/mol. The first-order chi connectivity index (χ1) is 10.1. The van der Waals surface area contributed by atoms with E-state index < -0.39 is 0 Å². The summed E-state index contributed by atoms with van der Waals surface area (Å²) >= 11 is 0. The molecule has 0 aliphatic carbocycles. The number of methoxy groups -OCH3 is 2. The van der Waals surface area contributed by atoms with E-state index in [0.29, 0.717) is 5.75 Å². The summed E-state index contributed by atoms with van der Waals surface area (Å²) in [5.74, 6) is 0.911. The minimum atomic E-state index is -0.312. The Morgan fingerprint density at radius 1 is 0.762 bits per heavy atom. The van der Waals surface area contributed by atoms with E-state index in [-0.39, 0.29) is 5.82 Å². The van der Waals surface area contributed by atoms with Gasteiger partial charge in [-0.05, 0) is 43.7 Å². The Bertz CT molecular complexity index is 507. The summed E-state index contributed by atoms with van der Waals surface area (Å²) in [5.41, 5.74) is 2.26. The molecule has 0 aromatic heterocycles. The van der Waals surface area contributed by atoms with Crippen molar-refractivity contribution in [2.75, 3.05) is 14.2 Å². The van der Waals surface area contributed by atoms with Crippen molar-refractivity contribution >= 4 is 0 Å². The van der Waals surface area contributed by atoms with Crippen LogP contribution in [0.25, 0.3) is 0 Å². The molecule has 0 aliphatic heterocycles. The lowest BCUT2D eigenvalue weighted by Gasteiger charge is -2.00. The maximum atomic E-state index is 12.6. The van der Waals surface area contributed by atoms with E-state index in [1.54, 1.807) is 19.2 Å². The highest BCUT2D eigenvalue weighted by Crippen LogP contribution is 2.16. The fourth-order valence-electron chi connectivity index (χ4n) is 1.44. The molecule has 2 rings (SSSR count). The molecule has 2 aromatic rings. The summed E-state index contributed by atoms with van der Waals surface area (Å²) in [6, 6.07) is 12.7. The maximum absolute atomic E-state index is 12.6. The average Bonchev–Trinajstić information content (AvgIpc) is 2.53. The molecular weight excluding hydrogens is 267 g/mol. The zero-order chi connectivity index (χ0) is 16.3. The van der Waals surface area contributed by atoms with Crippen LogP contribution in [0.2, 0.25) is 0 Å². The lowest BCUT2D eigenvalue weighted by Crippen LogP contribution is -1.87. The molecule has 0 unspecified atom stereocenters. The van der Waals surface area contributed by atoms with E-state index >= 15 is 0 Å². The molecule has 0 fully saturated rings. The standard InChI is InChI=1S/C8H9FO.C8H10O.C2H6/c1-6-3-4-7(9)8(5-6)10-2;1-7-3-5-8(9-2)6-4-7;1-2/h3-5H,1-2H3;3-6H,1-2H3;1-2H3. The van der Waals surface area contributed by atoms with Crippen LogP contribution in [-0.2, 0) is 0 Å². The Hall–Kier alpha value is -2.03. The van der Waals surface area contributed by atoms with Gasteiger partial charge in [-0.2, -0.15) is 0 Å². The molecule has 0 heterocycles. The van der Waals surface area contributed by atoms with Crippen LogP contribution in [0.4, 0.5) is 4.39 Å². The van der Waals surface area contributed by atoms with Gasteiger partial charge in [-0.1, -0.05) is 37.6 Å². The van der Waals surface area contributed by atoms with Crippen LogP contribution in [0.15, 0.2) is 42.5 Å². The second-order valence-electron chi connectivity index (χ2n) is 4.16. The minimum Gasteiger partial charge on any atom is -0.497 e. The Kier molecular flexibility index (Phi) is 9.69. The number of benzene rings is 2. The largest absolute Gasteiger partial charge is 0.497 e. The van der Waals surface area contributed by atoms with Gasteiger partial charge in [0.25, 0.3) is 0 Å². The molecule has 0 N–H and O–H groups in total. The summed E-state index contributed by atoms with van der Waals surface area (Å²) in [6.07, 6.45) is 0. The maximum Gasteiger partial charge on any atom is 0.165 e. The molecule has 0 bridgehead atoms. The summed E-state index contributed by atoms with van der Waals surface area (Å²) < 4.78 is 22.4. The third-order valence-electron chi connectivity index (χ3n) is 2.56. The summed E-state index contributed by atoms with van der Waals surface area (Å²) in [5, 5.41) is 0. The van der Waals surface area contributed by atoms with Crippen LogP contribution in [0.5, 0.6) is 11.5 Å². The zero-order valence-electron chi connectivity index (χ0n) is 13.7. The first kappa shape index (κ1) is 19.0. The number of halogens is 1. The molecular formula is C18H25FO2. The van der Waals surface area contributed by atoms with Gasteiger partial charge in [0.05, 0.1) is 14.2 Å². The molecule has 0 amide bonds. The van der Waals surface area contributed by atoms with Crippen LogP contribution < -0.4 is 9.47 Å². The van der Waals surface area contributed by atoms with Crippen molar-refractivity contribution in [3.8, 4) is 11.5 Å². The molecule has 0 spiro atoms. The number of hydrogen-bond acceptors (Lipinski definition) is 2. The van der Waals surface area contributed by atoms with Crippen LogP contribution in [0.3, 0.4) is 0 Å². The molecule has 0 saturated carbocycles. The van der Waals surface area contributed by atoms with Crippen molar-refractivity contribution in [1.29, 1.82) is 0 Å². The highest BCUT2D eigenvalue weighted by molar-refractivity contribution is 5.29. The van der Waals surface area contributed by atoms with Crippen molar-refractivity contribution in [1.82, 2.24) is 0 Å². The van der Waals surface area contributed by atoms with Gasteiger partial charge in [0.15, 0.2) is 11.6 Å². The SMILES string of the molecule is CC.COc1cc(C)ccc1F.COc1ccc(C)cc1. The van der Waals surface area contributed by atoms with Crippen LogP contribution in [0, 0.1) is 19.7 Å². The Morgan fingerprint density at radius 2 is 1.29 bits per heavy atom. The van der Waals surface area contributed by atoms with Crippen LogP contribution >= 0.6 is 0 Å². The molecule has 0 radical (unpaired) electrons. The van der Waals surface area contributed by atoms with Gasteiger partial charge in [0.1, 0.15) is 5.75 Å². The van der Waals surface area contributed by atoms with Gasteiger partial charge < -0.3 is 9.47 Å². The van der Waals surface area contributed by atoms with E-state index in [1.807, 2.05) is 45.0 Å². The topological polar surface area (TPSA) is 18.5 Å². The third kappa shape index (κ3) is 7.35.